The molecule has 4 rings (SSSR count). The maximum Gasteiger partial charge on any atom is 0.300 e. The normalized spacial score (nSPS) is 17.5. The molecule has 1 aliphatic heterocycles. The first-order valence-electron chi connectivity index (χ1n) is 10.2. The van der Waals surface area contributed by atoms with Crippen molar-refractivity contribution in [3.05, 3.63) is 93.5 Å². The van der Waals surface area contributed by atoms with Crippen molar-refractivity contribution in [2.45, 2.75) is 19.9 Å². The van der Waals surface area contributed by atoms with Gasteiger partial charge in [0.15, 0.2) is 0 Å². The van der Waals surface area contributed by atoms with Crippen molar-refractivity contribution in [2.24, 2.45) is 0 Å². The number of aliphatic hydroxyl groups is 1. The second-order valence-electron chi connectivity index (χ2n) is 7.96. The standard InChI is InChI=1S/C26H22ClNO5/c1-14-10-15(2)12-18(11-14)28-23(16-4-7-19(29)8-5-16)22(25(31)26(28)32)24(30)17-6-9-21(33-3)20(27)13-17/h4-13,23,29-30H,1-3H3/b24-22-. The largest absolute Gasteiger partial charge is 0.508 e. The van der Waals surface area contributed by atoms with Crippen LogP contribution in [0.4, 0.5) is 5.69 Å². The fraction of sp³-hybridized carbons (Fsp3) is 0.154. The van der Waals surface area contributed by atoms with Gasteiger partial charge in [0.2, 0.25) is 0 Å². The van der Waals surface area contributed by atoms with E-state index in [0.29, 0.717) is 17.0 Å². The van der Waals surface area contributed by atoms with Crippen molar-refractivity contribution < 1.29 is 24.5 Å². The van der Waals surface area contributed by atoms with Gasteiger partial charge in [-0.2, -0.15) is 0 Å². The molecule has 1 fully saturated rings. The molecule has 0 spiro atoms. The van der Waals surface area contributed by atoms with Gasteiger partial charge in [-0.15, -0.1) is 0 Å². The number of aryl methyl sites for hydroxylation is 2. The van der Waals surface area contributed by atoms with E-state index >= 15 is 0 Å². The molecule has 1 unspecified atom stereocenters. The van der Waals surface area contributed by atoms with E-state index in [1.54, 1.807) is 24.3 Å². The summed E-state index contributed by atoms with van der Waals surface area (Å²) >= 11 is 6.23. The molecule has 168 valence electrons. The monoisotopic (exact) mass is 463 g/mol. The maximum atomic E-state index is 13.2. The predicted octanol–water partition coefficient (Wildman–Crippen LogP) is 5.30. The number of carbonyl (C=O) groups excluding carboxylic acids is 2. The van der Waals surface area contributed by atoms with Crippen molar-refractivity contribution in [1.82, 2.24) is 0 Å². The second-order valence-corrected chi connectivity index (χ2v) is 8.36. The Hall–Kier alpha value is -3.77. The van der Waals surface area contributed by atoms with Crippen LogP contribution in [0.3, 0.4) is 0 Å². The van der Waals surface area contributed by atoms with E-state index < -0.39 is 17.7 Å². The lowest BCUT2D eigenvalue weighted by atomic mass is 9.95. The third-order valence-electron chi connectivity index (χ3n) is 5.56. The molecule has 1 atom stereocenters. The minimum Gasteiger partial charge on any atom is -0.508 e. The van der Waals surface area contributed by atoms with E-state index in [9.17, 15) is 19.8 Å². The molecule has 6 nitrogen and oxygen atoms in total. The van der Waals surface area contributed by atoms with Gasteiger partial charge in [-0.1, -0.05) is 29.8 Å². The maximum absolute atomic E-state index is 13.2. The molecule has 1 saturated heterocycles. The number of carbonyl (C=O) groups is 2. The van der Waals surface area contributed by atoms with Crippen LogP contribution in [0.25, 0.3) is 5.76 Å². The number of anilines is 1. The second kappa shape index (κ2) is 8.64. The summed E-state index contributed by atoms with van der Waals surface area (Å²) in [7, 11) is 1.47. The Bertz CT molecular complexity index is 1280. The van der Waals surface area contributed by atoms with Crippen LogP contribution in [-0.4, -0.2) is 29.0 Å². The summed E-state index contributed by atoms with van der Waals surface area (Å²) in [6, 6.07) is 15.5. The van der Waals surface area contributed by atoms with Crippen LogP contribution in [0.5, 0.6) is 11.5 Å². The number of amides is 1. The molecule has 1 amide bonds. The van der Waals surface area contributed by atoms with Crippen molar-refractivity contribution in [3.63, 3.8) is 0 Å². The number of Topliss-reactive ketones (excluding diaryl/α,β-unsaturated/α-hetero) is 1. The van der Waals surface area contributed by atoms with E-state index in [1.165, 1.54) is 30.2 Å². The number of benzene rings is 3. The summed E-state index contributed by atoms with van der Waals surface area (Å²) in [4.78, 5) is 27.8. The Morgan fingerprint density at radius 2 is 1.61 bits per heavy atom. The Morgan fingerprint density at radius 1 is 0.970 bits per heavy atom. The van der Waals surface area contributed by atoms with Crippen molar-refractivity contribution >= 4 is 34.7 Å². The minimum absolute atomic E-state index is 0.0454. The summed E-state index contributed by atoms with van der Waals surface area (Å²) in [6.45, 7) is 3.81. The van der Waals surface area contributed by atoms with Crippen molar-refractivity contribution in [3.8, 4) is 11.5 Å². The molecule has 0 bridgehead atoms. The highest BCUT2D eigenvalue weighted by molar-refractivity contribution is 6.51. The molecule has 1 heterocycles. The molecule has 0 saturated carbocycles. The minimum atomic E-state index is -0.896. The molecule has 33 heavy (non-hydrogen) atoms. The van der Waals surface area contributed by atoms with E-state index in [0.717, 1.165) is 11.1 Å². The zero-order valence-corrected chi connectivity index (χ0v) is 19.1. The third kappa shape index (κ3) is 4.05. The Labute approximate surface area is 196 Å². The van der Waals surface area contributed by atoms with Gasteiger partial charge in [-0.25, -0.2) is 0 Å². The molecular formula is C26H22ClNO5. The first-order valence-corrected chi connectivity index (χ1v) is 10.6. The molecule has 0 radical (unpaired) electrons. The Morgan fingerprint density at radius 3 is 2.18 bits per heavy atom. The van der Waals surface area contributed by atoms with Crippen LogP contribution in [0.1, 0.15) is 28.3 Å². The molecule has 7 heteroatoms. The number of aromatic hydroxyl groups is 1. The summed E-state index contributed by atoms with van der Waals surface area (Å²) in [5.74, 6) is -1.44. The van der Waals surface area contributed by atoms with Crippen LogP contribution in [-0.2, 0) is 9.59 Å². The number of phenolic OH excluding ortho intramolecular Hbond substituents is 1. The number of ether oxygens (including phenoxy) is 1. The lowest BCUT2D eigenvalue weighted by Crippen LogP contribution is -2.29. The highest BCUT2D eigenvalue weighted by atomic mass is 35.5. The van der Waals surface area contributed by atoms with Gasteiger partial charge in [-0.05, 0) is 73.0 Å². The summed E-state index contributed by atoms with van der Waals surface area (Å²) in [5, 5.41) is 21.2. The third-order valence-corrected chi connectivity index (χ3v) is 5.86. The first kappa shape index (κ1) is 22.4. The van der Waals surface area contributed by atoms with Crippen LogP contribution in [0.2, 0.25) is 5.02 Å². The van der Waals surface area contributed by atoms with Gasteiger partial charge >= 0.3 is 0 Å². The molecule has 0 aromatic heterocycles. The summed E-state index contributed by atoms with van der Waals surface area (Å²) < 4.78 is 5.16. The topological polar surface area (TPSA) is 87.1 Å². The highest BCUT2D eigenvalue weighted by Gasteiger charge is 2.47. The van der Waals surface area contributed by atoms with Crippen molar-refractivity contribution in [1.29, 1.82) is 0 Å². The van der Waals surface area contributed by atoms with Gasteiger partial charge in [0.1, 0.15) is 17.3 Å². The van der Waals surface area contributed by atoms with Gasteiger partial charge in [0.05, 0.1) is 23.7 Å². The van der Waals surface area contributed by atoms with Crippen LogP contribution in [0, 0.1) is 13.8 Å². The van der Waals surface area contributed by atoms with Crippen LogP contribution in [0.15, 0.2) is 66.2 Å². The van der Waals surface area contributed by atoms with E-state index in [4.69, 9.17) is 16.3 Å². The summed E-state index contributed by atoms with van der Waals surface area (Å²) in [5.41, 5.74) is 3.18. The van der Waals surface area contributed by atoms with E-state index in [2.05, 4.69) is 0 Å². The number of phenols is 1. The van der Waals surface area contributed by atoms with Crippen LogP contribution < -0.4 is 9.64 Å². The van der Waals surface area contributed by atoms with Crippen LogP contribution >= 0.6 is 11.6 Å². The first-order chi connectivity index (χ1) is 15.7. The average molecular weight is 464 g/mol. The zero-order chi connectivity index (χ0) is 23.9. The lowest BCUT2D eigenvalue weighted by molar-refractivity contribution is -0.132. The molecular weight excluding hydrogens is 442 g/mol. The fourth-order valence-electron chi connectivity index (χ4n) is 4.13. The number of nitrogens with zero attached hydrogens (tertiary/aromatic N) is 1. The zero-order valence-electron chi connectivity index (χ0n) is 18.3. The number of hydrogen-bond donors (Lipinski definition) is 2. The average Bonchev–Trinajstić information content (AvgIpc) is 3.03. The smallest absolute Gasteiger partial charge is 0.300 e. The van der Waals surface area contributed by atoms with Gasteiger partial charge in [0, 0.05) is 11.3 Å². The molecule has 1 aliphatic rings. The quantitative estimate of drug-likeness (QED) is 0.311. The van der Waals surface area contributed by atoms with Gasteiger partial charge < -0.3 is 14.9 Å². The van der Waals surface area contributed by atoms with Gasteiger partial charge in [-0.3, -0.25) is 14.5 Å². The van der Waals surface area contributed by atoms with Gasteiger partial charge in [0.25, 0.3) is 11.7 Å². The number of hydrogen-bond acceptors (Lipinski definition) is 5. The lowest BCUT2D eigenvalue weighted by Gasteiger charge is -2.26. The van der Waals surface area contributed by atoms with E-state index in [1.807, 2.05) is 32.0 Å². The number of halogens is 1. The number of ketones is 1. The Kier molecular flexibility index (Phi) is 5.87. The number of rotatable bonds is 4. The molecule has 2 N–H and O–H groups in total. The molecule has 3 aromatic carbocycles. The summed E-state index contributed by atoms with van der Waals surface area (Å²) in [6.07, 6.45) is 0. The molecule has 3 aromatic rings. The van der Waals surface area contributed by atoms with Crippen molar-refractivity contribution in [2.75, 3.05) is 12.0 Å². The molecule has 0 aliphatic carbocycles. The fourth-order valence-corrected chi connectivity index (χ4v) is 4.39. The highest BCUT2D eigenvalue weighted by Crippen LogP contribution is 2.43. The predicted molar refractivity (Wildman–Crippen MR) is 127 cm³/mol. The number of aliphatic hydroxyl groups excluding tert-OH is 1. The number of methoxy groups -OCH3 is 1. The SMILES string of the molecule is COc1ccc(/C(O)=C2/C(=O)C(=O)N(c3cc(C)cc(C)c3)C2c2ccc(O)cc2)cc1Cl. The Balaban J connectivity index is 1.96. The van der Waals surface area contributed by atoms with E-state index in [-0.39, 0.29) is 27.7 Å².